The lowest BCUT2D eigenvalue weighted by Crippen LogP contribution is -2.40. The van der Waals surface area contributed by atoms with Gasteiger partial charge in [-0.15, -0.1) is 0 Å². The number of carbonyl (C=O) groups is 1. The minimum Gasteiger partial charge on any atom is -0.491 e. The van der Waals surface area contributed by atoms with Crippen LogP contribution in [0.2, 0.25) is 0 Å². The van der Waals surface area contributed by atoms with Crippen molar-refractivity contribution in [1.29, 1.82) is 0 Å². The molecule has 0 N–H and O–H groups in total. The summed E-state index contributed by atoms with van der Waals surface area (Å²) in [7, 11) is 0. The SMILES string of the molecule is CCOC(=O)C1=C(C)N=c2s/c(=C/c3ccc(N4CCOCC4)o3)c(=O)n2C1c1ccccc1OC(C)C. The summed E-state index contributed by atoms with van der Waals surface area (Å²) < 4.78 is 25.0. The molecule has 1 fully saturated rings. The molecule has 0 spiro atoms. The summed E-state index contributed by atoms with van der Waals surface area (Å²) in [6, 6.07) is 10.5. The predicted octanol–water partition coefficient (Wildman–Crippen LogP) is 3.02. The van der Waals surface area contributed by atoms with Crippen molar-refractivity contribution in [2.24, 2.45) is 4.99 Å². The average Bonchev–Trinajstić information content (AvgIpc) is 3.48. The molecule has 3 aromatic rings. The van der Waals surface area contributed by atoms with Crippen LogP contribution in [-0.2, 0) is 14.3 Å². The van der Waals surface area contributed by atoms with Crippen LogP contribution in [0.4, 0.5) is 5.88 Å². The van der Waals surface area contributed by atoms with Gasteiger partial charge in [0.1, 0.15) is 17.6 Å². The Bertz CT molecular complexity index is 1540. The van der Waals surface area contributed by atoms with E-state index in [4.69, 9.17) is 18.6 Å². The number of para-hydroxylation sites is 1. The van der Waals surface area contributed by atoms with E-state index in [1.165, 1.54) is 11.3 Å². The maximum absolute atomic E-state index is 13.9. The van der Waals surface area contributed by atoms with E-state index in [1.807, 2.05) is 50.2 Å². The molecule has 0 radical (unpaired) electrons. The number of thiazole rings is 1. The molecule has 2 aliphatic rings. The molecule has 9 nitrogen and oxygen atoms in total. The molecule has 2 aliphatic heterocycles. The second-order valence-corrected chi connectivity index (χ2v) is 10.3. The van der Waals surface area contributed by atoms with Gasteiger partial charge in [-0.05, 0) is 39.8 Å². The monoisotopic (exact) mass is 537 g/mol. The van der Waals surface area contributed by atoms with Crippen LogP contribution in [0.1, 0.15) is 45.1 Å². The number of morpholine rings is 1. The van der Waals surface area contributed by atoms with Crippen LogP contribution in [0.3, 0.4) is 0 Å². The highest BCUT2D eigenvalue weighted by atomic mass is 32.1. The zero-order valence-electron chi connectivity index (χ0n) is 21.9. The first-order chi connectivity index (χ1) is 18.4. The summed E-state index contributed by atoms with van der Waals surface area (Å²) in [6.45, 7) is 10.4. The molecular weight excluding hydrogens is 506 g/mol. The van der Waals surface area contributed by atoms with Crippen LogP contribution < -0.4 is 24.5 Å². The molecule has 38 heavy (non-hydrogen) atoms. The fourth-order valence-corrected chi connectivity index (χ4v) is 5.68. The van der Waals surface area contributed by atoms with E-state index in [1.54, 1.807) is 24.5 Å². The van der Waals surface area contributed by atoms with Gasteiger partial charge in [-0.1, -0.05) is 29.5 Å². The third-order valence-electron chi connectivity index (χ3n) is 6.30. The number of fused-ring (bicyclic) bond motifs is 1. The van der Waals surface area contributed by atoms with Crippen molar-refractivity contribution in [1.82, 2.24) is 4.57 Å². The van der Waals surface area contributed by atoms with Gasteiger partial charge in [0.05, 0.1) is 41.7 Å². The summed E-state index contributed by atoms with van der Waals surface area (Å²) in [5.74, 6) is 1.40. The van der Waals surface area contributed by atoms with Gasteiger partial charge in [0.25, 0.3) is 5.56 Å². The molecule has 0 saturated carbocycles. The van der Waals surface area contributed by atoms with Crippen molar-refractivity contribution in [2.75, 3.05) is 37.8 Å². The normalized spacial score (nSPS) is 18.0. The number of benzene rings is 1. The van der Waals surface area contributed by atoms with Crippen molar-refractivity contribution in [3.63, 3.8) is 0 Å². The third-order valence-corrected chi connectivity index (χ3v) is 7.28. The number of carbonyl (C=O) groups excluding carboxylic acids is 1. The highest BCUT2D eigenvalue weighted by Crippen LogP contribution is 2.36. The Morgan fingerprint density at radius 3 is 2.71 bits per heavy atom. The molecule has 1 aromatic carbocycles. The molecular formula is C28H31N3O6S. The van der Waals surface area contributed by atoms with E-state index in [-0.39, 0.29) is 18.3 Å². The number of hydrogen-bond donors (Lipinski definition) is 0. The summed E-state index contributed by atoms with van der Waals surface area (Å²) in [6.07, 6.45) is 1.63. The minimum atomic E-state index is -0.747. The van der Waals surface area contributed by atoms with Gasteiger partial charge in [0, 0.05) is 30.8 Å². The maximum atomic E-state index is 13.9. The van der Waals surface area contributed by atoms with E-state index >= 15 is 0 Å². The topological polar surface area (TPSA) is 95.5 Å². The van der Waals surface area contributed by atoms with E-state index in [9.17, 15) is 9.59 Å². The van der Waals surface area contributed by atoms with Crippen molar-refractivity contribution < 1.29 is 23.4 Å². The lowest BCUT2D eigenvalue weighted by molar-refractivity contribution is -0.139. The molecule has 200 valence electrons. The Hall–Kier alpha value is -3.63. The number of esters is 1. The van der Waals surface area contributed by atoms with E-state index in [0.717, 1.165) is 19.0 Å². The highest BCUT2D eigenvalue weighted by Gasteiger charge is 2.35. The molecule has 4 heterocycles. The first-order valence-electron chi connectivity index (χ1n) is 12.7. The number of anilines is 1. The first-order valence-corrected chi connectivity index (χ1v) is 13.6. The first kappa shape index (κ1) is 26.0. The van der Waals surface area contributed by atoms with Crippen LogP contribution in [-0.4, -0.2) is 49.6 Å². The Morgan fingerprint density at radius 1 is 1.21 bits per heavy atom. The Balaban J connectivity index is 1.64. The second-order valence-electron chi connectivity index (χ2n) is 9.28. The van der Waals surface area contributed by atoms with Gasteiger partial charge in [0.15, 0.2) is 10.7 Å². The smallest absolute Gasteiger partial charge is 0.338 e. The number of hydrogen-bond acceptors (Lipinski definition) is 9. The number of rotatable bonds is 7. The molecule has 0 bridgehead atoms. The average molecular weight is 538 g/mol. The fraction of sp³-hybridized carbons (Fsp3) is 0.393. The van der Waals surface area contributed by atoms with Crippen molar-refractivity contribution in [2.45, 2.75) is 39.8 Å². The predicted molar refractivity (Wildman–Crippen MR) is 144 cm³/mol. The minimum absolute atomic E-state index is 0.0947. The molecule has 1 unspecified atom stereocenters. The van der Waals surface area contributed by atoms with Crippen LogP contribution in [0.15, 0.2) is 61.9 Å². The van der Waals surface area contributed by atoms with Crippen LogP contribution in [0.25, 0.3) is 6.08 Å². The number of furan rings is 1. The summed E-state index contributed by atoms with van der Waals surface area (Å²) >= 11 is 1.26. The van der Waals surface area contributed by atoms with Crippen LogP contribution in [0.5, 0.6) is 5.75 Å². The fourth-order valence-electron chi connectivity index (χ4n) is 4.66. The van der Waals surface area contributed by atoms with E-state index < -0.39 is 12.0 Å². The number of ether oxygens (including phenoxy) is 3. The zero-order valence-corrected chi connectivity index (χ0v) is 22.7. The third kappa shape index (κ3) is 5.06. The summed E-state index contributed by atoms with van der Waals surface area (Å²) in [5.41, 5.74) is 1.25. The Kier molecular flexibility index (Phi) is 7.53. The molecule has 5 rings (SSSR count). The van der Waals surface area contributed by atoms with Gasteiger partial charge >= 0.3 is 5.97 Å². The second kappa shape index (κ2) is 11.0. The Morgan fingerprint density at radius 2 is 1.97 bits per heavy atom. The molecule has 10 heteroatoms. The van der Waals surface area contributed by atoms with Gasteiger partial charge in [0.2, 0.25) is 0 Å². The highest BCUT2D eigenvalue weighted by molar-refractivity contribution is 7.07. The number of aromatic nitrogens is 1. The maximum Gasteiger partial charge on any atom is 0.338 e. The molecule has 1 saturated heterocycles. The molecule has 2 aromatic heterocycles. The van der Waals surface area contributed by atoms with Gasteiger partial charge in [-0.2, -0.15) is 0 Å². The lowest BCUT2D eigenvalue weighted by Gasteiger charge is -2.26. The lowest BCUT2D eigenvalue weighted by atomic mass is 9.95. The van der Waals surface area contributed by atoms with Crippen molar-refractivity contribution in [3.8, 4) is 5.75 Å². The van der Waals surface area contributed by atoms with E-state index in [0.29, 0.717) is 50.9 Å². The van der Waals surface area contributed by atoms with Gasteiger partial charge in [-0.3, -0.25) is 9.36 Å². The standard InChI is InChI=1S/C28H31N3O6S/c1-5-35-27(33)24-18(4)29-28-31(25(24)20-8-6-7-9-21(20)36-17(2)3)26(32)22(38-28)16-19-10-11-23(37-19)30-12-14-34-15-13-30/h6-11,16-17,25H,5,12-15H2,1-4H3/b22-16+. The van der Waals surface area contributed by atoms with Crippen molar-refractivity contribution >= 4 is 29.3 Å². The molecule has 0 aliphatic carbocycles. The number of allylic oxidation sites excluding steroid dienone is 1. The Labute approximate surface area is 224 Å². The van der Waals surface area contributed by atoms with Crippen LogP contribution >= 0.6 is 11.3 Å². The van der Waals surface area contributed by atoms with Gasteiger partial charge < -0.3 is 23.5 Å². The zero-order chi connectivity index (χ0) is 26.8. The van der Waals surface area contributed by atoms with Crippen molar-refractivity contribution in [3.05, 3.63) is 78.7 Å². The van der Waals surface area contributed by atoms with Crippen LogP contribution in [0, 0.1) is 0 Å². The van der Waals surface area contributed by atoms with E-state index in [2.05, 4.69) is 9.89 Å². The largest absolute Gasteiger partial charge is 0.491 e. The van der Waals surface area contributed by atoms with Gasteiger partial charge in [-0.25, -0.2) is 9.79 Å². The quantitative estimate of drug-likeness (QED) is 0.428. The summed E-state index contributed by atoms with van der Waals surface area (Å²) in [5, 5.41) is 0. The molecule has 1 atom stereocenters. The molecule has 0 amide bonds. The summed E-state index contributed by atoms with van der Waals surface area (Å²) in [4.78, 5) is 34.3. The number of nitrogens with zero attached hydrogens (tertiary/aromatic N) is 3.